The number of alkyl halides is 3. The summed E-state index contributed by atoms with van der Waals surface area (Å²) in [7, 11) is 0. The van der Waals surface area contributed by atoms with Gasteiger partial charge in [-0.3, -0.25) is 0 Å². The molecule has 0 aromatic heterocycles. The molecule has 2 aliphatic rings. The number of rotatable bonds is 3. The summed E-state index contributed by atoms with van der Waals surface area (Å²) in [5.41, 5.74) is -0.733. The third-order valence-corrected chi connectivity index (χ3v) is 4.09. The number of hydrogen-bond acceptors (Lipinski definition) is 2. The van der Waals surface area contributed by atoms with Crippen LogP contribution in [0.3, 0.4) is 0 Å². The van der Waals surface area contributed by atoms with Crippen LogP contribution in [0.5, 0.6) is 0 Å². The van der Waals surface area contributed by atoms with E-state index >= 15 is 0 Å². The molecule has 0 radical (unpaired) electrons. The molecule has 21 heavy (non-hydrogen) atoms. The zero-order valence-electron chi connectivity index (χ0n) is 11.6. The molecule has 1 saturated heterocycles. The van der Waals surface area contributed by atoms with Gasteiger partial charge in [-0.25, -0.2) is 4.39 Å². The first kappa shape index (κ1) is 14.6. The standard InChI is InChI=1S/C15H18F4N2/c16-14-6-5-12(8-13(14)15(17,18)19)21-7-1-2-11(9-21)20-10-3-4-10/h5-6,8,10-11,20H,1-4,7,9H2. The molecular weight excluding hydrogens is 284 g/mol. The fourth-order valence-electron chi connectivity index (χ4n) is 2.86. The highest BCUT2D eigenvalue weighted by atomic mass is 19.4. The summed E-state index contributed by atoms with van der Waals surface area (Å²) < 4.78 is 51.7. The predicted molar refractivity (Wildman–Crippen MR) is 72.8 cm³/mol. The number of anilines is 1. The normalized spacial score (nSPS) is 23.4. The first-order valence-corrected chi connectivity index (χ1v) is 7.31. The molecule has 1 aromatic rings. The second kappa shape index (κ2) is 5.48. The van der Waals surface area contributed by atoms with Gasteiger partial charge in [0.15, 0.2) is 0 Å². The molecule has 1 aliphatic carbocycles. The summed E-state index contributed by atoms with van der Waals surface area (Å²) in [6, 6.07) is 4.16. The van der Waals surface area contributed by atoms with E-state index < -0.39 is 17.6 Å². The van der Waals surface area contributed by atoms with Gasteiger partial charge in [-0.2, -0.15) is 13.2 Å². The average Bonchev–Trinajstić information content (AvgIpc) is 3.22. The highest BCUT2D eigenvalue weighted by molar-refractivity contribution is 5.50. The number of halogens is 4. The number of piperidine rings is 1. The lowest BCUT2D eigenvalue weighted by molar-refractivity contribution is -0.139. The van der Waals surface area contributed by atoms with Gasteiger partial charge in [-0.1, -0.05) is 0 Å². The first-order valence-electron chi connectivity index (χ1n) is 7.31. The highest BCUT2D eigenvalue weighted by Gasteiger charge is 2.35. The van der Waals surface area contributed by atoms with Crippen molar-refractivity contribution in [2.24, 2.45) is 0 Å². The van der Waals surface area contributed by atoms with Crippen LogP contribution < -0.4 is 10.2 Å². The summed E-state index contributed by atoms with van der Waals surface area (Å²) in [5, 5.41) is 3.51. The molecule has 6 heteroatoms. The fourth-order valence-corrected chi connectivity index (χ4v) is 2.86. The Morgan fingerprint density at radius 2 is 1.86 bits per heavy atom. The Kier molecular flexibility index (Phi) is 3.82. The minimum atomic E-state index is -4.65. The Labute approximate surface area is 121 Å². The van der Waals surface area contributed by atoms with Crippen molar-refractivity contribution in [3.8, 4) is 0 Å². The third-order valence-electron chi connectivity index (χ3n) is 4.09. The number of nitrogens with zero attached hydrogens (tertiary/aromatic N) is 1. The smallest absolute Gasteiger partial charge is 0.370 e. The van der Waals surface area contributed by atoms with Crippen molar-refractivity contribution >= 4 is 5.69 Å². The summed E-state index contributed by atoms with van der Waals surface area (Å²) >= 11 is 0. The Morgan fingerprint density at radius 3 is 2.52 bits per heavy atom. The van der Waals surface area contributed by atoms with E-state index in [1.54, 1.807) is 0 Å². The van der Waals surface area contributed by atoms with Gasteiger partial charge >= 0.3 is 6.18 Å². The predicted octanol–water partition coefficient (Wildman–Crippen LogP) is 3.57. The average molecular weight is 302 g/mol. The lowest BCUT2D eigenvalue weighted by atomic mass is 10.0. The van der Waals surface area contributed by atoms with Gasteiger partial charge in [-0.15, -0.1) is 0 Å². The Morgan fingerprint density at radius 1 is 1.10 bits per heavy atom. The van der Waals surface area contributed by atoms with Gasteiger partial charge in [0, 0.05) is 30.9 Å². The lowest BCUT2D eigenvalue weighted by Crippen LogP contribution is -2.46. The number of benzene rings is 1. The first-order chi connectivity index (χ1) is 9.93. The van der Waals surface area contributed by atoms with Crippen molar-refractivity contribution in [3.63, 3.8) is 0 Å². The Bertz CT molecular complexity index is 511. The van der Waals surface area contributed by atoms with E-state index in [0.29, 0.717) is 30.9 Å². The van der Waals surface area contributed by atoms with Gasteiger partial charge in [0.25, 0.3) is 0 Å². The minimum absolute atomic E-state index is 0.311. The quantitative estimate of drug-likeness (QED) is 0.859. The van der Waals surface area contributed by atoms with Crippen LogP contribution in [0.1, 0.15) is 31.2 Å². The van der Waals surface area contributed by atoms with Crippen LogP contribution in [0.25, 0.3) is 0 Å². The van der Waals surface area contributed by atoms with E-state index in [4.69, 9.17) is 0 Å². The van der Waals surface area contributed by atoms with Crippen LogP contribution in [0.15, 0.2) is 18.2 Å². The van der Waals surface area contributed by atoms with Crippen LogP contribution in [0, 0.1) is 5.82 Å². The maximum atomic E-state index is 13.3. The molecule has 2 nitrogen and oxygen atoms in total. The lowest BCUT2D eigenvalue weighted by Gasteiger charge is -2.35. The molecule has 116 valence electrons. The molecule has 1 aliphatic heterocycles. The molecule has 1 aromatic carbocycles. The van der Waals surface area contributed by atoms with Crippen molar-refractivity contribution in [1.29, 1.82) is 0 Å². The highest BCUT2D eigenvalue weighted by Crippen LogP contribution is 2.34. The van der Waals surface area contributed by atoms with Crippen LogP contribution in [-0.2, 0) is 6.18 Å². The topological polar surface area (TPSA) is 15.3 Å². The van der Waals surface area contributed by atoms with E-state index in [1.807, 2.05) is 4.90 Å². The van der Waals surface area contributed by atoms with Crippen molar-refractivity contribution in [2.75, 3.05) is 18.0 Å². The maximum absolute atomic E-state index is 13.3. The van der Waals surface area contributed by atoms with Gasteiger partial charge < -0.3 is 10.2 Å². The maximum Gasteiger partial charge on any atom is 0.419 e. The SMILES string of the molecule is Fc1ccc(N2CCCC(NC3CC3)C2)cc1C(F)(F)F. The molecule has 1 heterocycles. The molecule has 1 atom stereocenters. The monoisotopic (exact) mass is 302 g/mol. The molecular formula is C15H18F4N2. The Balaban J connectivity index is 1.76. The fraction of sp³-hybridized carbons (Fsp3) is 0.600. The van der Waals surface area contributed by atoms with Crippen LogP contribution in [-0.4, -0.2) is 25.2 Å². The van der Waals surface area contributed by atoms with Gasteiger partial charge in [-0.05, 0) is 43.9 Å². The molecule has 1 unspecified atom stereocenters. The zero-order valence-corrected chi connectivity index (χ0v) is 11.6. The zero-order chi connectivity index (χ0) is 15.0. The van der Waals surface area contributed by atoms with Crippen molar-refractivity contribution < 1.29 is 17.6 Å². The van der Waals surface area contributed by atoms with E-state index in [2.05, 4.69) is 5.32 Å². The Hall–Kier alpha value is -1.30. The molecule has 1 N–H and O–H groups in total. The van der Waals surface area contributed by atoms with Gasteiger partial charge in [0.05, 0.1) is 5.56 Å². The molecule has 3 rings (SSSR count). The molecule has 0 amide bonds. The number of nitrogens with one attached hydrogen (secondary N) is 1. The summed E-state index contributed by atoms with van der Waals surface area (Å²) in [6.45, 7) is 1.39. The van der Waals surface area contributed by atoms with Crippen LogP contribution >= 0.6 is 0 Å². The largest absolute Gasteiger partial charge is 0.419 e. The van der Waals surface area contributed by atoms with Crippen molar-refractivity contribution in [3.05, 3.63) is 29.6 Å². The van der Waals surface area contributed by atoms with Gasteiger partial charge in [0.1, 0.15) is 5.82 Å². The van der Waals surface area contributed by atoms with E-state index in [1.165, 1.54) is 18.9 Å². The molecule has 2 fully saturated rings. The number of hydrogen-bond donors (Lipinski definition) is 1. The second-order valence-electron chi connectivity index (χ2n) is 5.89. The van der Waals surface area contributed by atoms with Crippen LogP contribution in [0.2, 0.25) is 0 Å². The van der Waals surface area contributed by atoms with Crippen LogP contribution in [0.4, 0.5) is 23.2 Å². The molecule has 1 saturated carbocycles. The third kappa shape index (κ3) is 3.48. The van der Waals surface area contributed by atoms with Crippen molar-refractivity contribution in [2.45, 2.75) is 43.9 Å². The summed E-state index contributed by atoms with van der Waals surface area (Å²) in [6.07, 6.45) is -0.304. The van der Waals surface area contributed by atoms with Crippen molar-refractivity contribution in [1.82, 2.24) is 5.32 Å². The molecule has 0 bridgehead atoms. The van der Waals surface area contributed by atoms with E-state index in [-0.39, 0.29) is 0 Å². The van der Waals surface area contributed by atoms with E-state index in [0.717, 1.165) is 25.0 Å². The minimum Gasteiger partial charge on any atom is -0.370 e. The second-order valence-corrected chi connectivity index (χ2v) is 5.89. The summed E-state index contributed by atoms with van der Waals surface area (Å²) in [5.74, 6) is -1.21. The summed E-state index contributed by atoms with van der Waals surface area (Å²) in [4.78, 5) is 1.91. The van der Waals surface area contributed by atoms with E-state index in [9.17, 15) is 17.6 Å². The van der Waals surface area contributed by atoms with Gasteiger partial charge in [0.2, 0.25) is 0 Å². The molecule has 0 spiro atoms.